The standard InChI is InChI=1S/C13H22N2O4/c1-19-5-4-15(7-10(16)17)13(18)11-8-2-3-9(6-8)12(11)14/h8-9,11-12H,2-7,14H2,1H3,(H,16,17). The van der Waals surface area contributed by atoms with Crippen LogP contribution in [-0.2, 0) is 14.3 Å². The third-order valence-electron chi connectivity index (χ3n) is 4.47. The van der Waals surface area contributed by atoms with E-state index in [4.69, 9.17) is 15.6 Å². The fourth-order valence-corrected chi connectivity index (χ4v) is 3.54. The van der Waals surface area contributed by atoms with Crippen LogP contribution in [0.25, 0.3) is 0 Å². The van der Waals surface area contributed by atoms with Crippen molar-refractivity contribution >= 4 is 11.9 Å². The number of carbonyl (C=O) groups excluding carboxylic acids is 1. The van der Waals surface area contributed by atoms with Crippen molar-refractivity contribution in [3.63, 3.8) is 0 Å². The van der Waals surface area contributed by atoms with Crippen molar-refractivity contribution in [3.05, 3.63) is 0 Å². The molecule has 0 aromatic carbocycles. The Hall–Kier alpha value is -1.14. The smallest absolute Gasteiger partial charge is 0.323 e. The molecule has 0 aromatic heterocycles. The number of hydrogen-bond donors (Lipinski definition) is 2. The van der Waals surface area contributed by atoms with E-state index in [1.54, 1.807) is 0 Å². The number of nitrogens with zero attached hydrogens (tertiary/aromatic N) is 1. The molecule has 1 amide bonds. The van der Waals surface area contributed by atoms with Crippen molar-refractivity contribution in [2.24, 2.45) is 23.5 Å². The van der Waals surface area contributed by atoms with Gasteiger partial charge in [-0.3, -0.25) is 9.59 Å². The summed E-state index contributed by atoms with van der Waals surface area (Å²) < 4.78 is 4.94. The average Bonchev–Trinajstić information content (AvgIpc) is 2.93. The lowest BCUT2D eigenvalue weighted by Gasteiger charge is -2.31. The molecule has 2 fully saturated rings. The first-order valence-electron chi connectivity index (χ1n) is 6.79. The first kappa shape index (κ1) is 14.3. The lowest BCUT2D eigenvalue weighted by Crippen LogP contribution is -2.49. The molecule has 4 unspecified atom stereocenters. The maximum absolute atomic E-state index is 12.5. The molecular weight excluding hydrogens is 248 g/mol. The molecule has 0 spiro atoms. The number of amides is 1. The zero-order valence-electron chi connectivity index (χ0n) is 11.2. The van der Waals surface area contributed by atoms with E-state index < -0.39 is 5.97 Å². The average molecular weight is 270 g/mol. The maximum Gasteiger partial charge on any atom is 0.323 e. The SMILES string of the molecule is COCCN(CC(=O)O)C(=O)C1C2CCC(C2)C1N. The summed E-state index contributed by atoms with van der Waals surface area (Å²) in [6.07, 6.45) is 3.16. The topological polar surface area (TPSA) is 92.9 Å². The van der Waals surface area contributed by atoms with Gasteiger partial charge in [-0.15, -0.1) is 0 Å². The zero-order chi connectivity index (χ0) is 14.0. The van der Waals surface area contributed by atoms with E-state index in [2.05, 4.69) is 0 Å². The molecule has 0 heterocycles. The van der Waals surface area contributed by atoms with Crippen LogP contribution in [0.15, 0.2) is 0 Å². The Morgan fingerprint density at radius 2 is 2.05 bits per heavy atom. The summed E-state index contributed by atoms with van der Waals surface area (Å²) in [4.78, 5) is 24.8. The number of carboxylic acids is 1. The molecule has 0 aliphatic heterocycles. The number of carbonyl (C=O) groups is 2. The number of carboxylic acid groups (broad SMARTS) is 1. The monoisotopic (exact) mass is 270 g/mol. The Morgan fingerprint density at radius 3 is 2.58 bits per heavy atom. The van der Waals surface area contributed by atoms with Crippen LogP contribution in [0.3, 0.4) is 0 Å². The highest BCUT2D eigenvalue weighted by Gasteiger charge is 2.50. The van der Waals surface area contributed by atoms with E-state index in [0.29, 0.717) is 25.0 Å². The number of rotatable bonds is 6. The van der Waals surface area contributed by atoms with Crippen LogP contribution < -0.4 is 5.73 Å². The summed E-state index contributed by atoms with van der Waals surface area (Å²) in [6.45, 7) is 0.375. The number of fused-ring (bicyclic) bond motifs is 2. The summed E-state index contributed by atoms with van der Waals surface area (Å²) in [7, 11) is 1.53. The van der Waals surface area contributed by atoms with E-state index in [-0.39, 0.29) is 24.4 Å². The lowest BCUT2D eigenvalue weighted by atomic mass is 9.84. The van der Waals surface area contributed by atoms with Gasteiger partial charge in [0.1, 0.15) is 6.54 Å². The van der Waals surface area contributed by atoms with Gasteiger partial charge < -0.3 is 20.5 Å². The third-order valence-corrected chi connectivity index (χ3v) is 4.47. The summed E-state index contributed by atoms with van der Waals surface area (Å²) in [5.74, 6) is -0.533. The molecule has 6 heteroatoms. The molecule has 2 rings (SSSR count). The molecule has 0 radical (unpaired) electrons. The molecule has 0 aromatic rings. The number of nitrogens with two attached hydrogens (primary N) is 1. The van der Waals surface area contributed by atoms with Crippen LogP contribution in [0.5, 0.6) is 0 Å². The van der Waals surface area contributed by atoms with Crippen molar-refractivity contribution in [1.82, 2.24) is 4.90 Å². The maximum atomic E-state index is 12.5. The van der Waals surface area contributed by atoms with E-state index in [1.165, 1.54) is 12.0 Å². The molecule has 3 N–H and O–H groups in total. The van der Waals surface area contributed by atoms with Gasteiger partial charge in [0.15, 0.2) is 0 Å². The molecule has 2 bridgehead atoms. The van der Waals surface area contributed by atoms with Gasteiger partial charge in [0.25, 0.3) is 0 Å². The second-order valence-electron chi connectivity index (χ2n) is 5.58. The van der Waals surface area contributed by atoms with Crippen LogP contribution in [0.4, 0.5) is 0 Å². The lowest BCUT2D eigenvalue weighted by molar-refractivity contribution is -0.148. The second kappa shape index (κ2) is 5.88. The number of ether oxygens (including phenoxy) is 1. The summed E-state index contributed by atoms with van der Waals surface area (Å²) >= 11 is 0. The highest BCUT2D eigenvalue weighted by Crippen LogP contribution is 2.48. The van der Waals surface area contributed by atoms with Crippen molar-refractivity contribution in [2.75, 3.05) is 26.8 Å². The predicted molar refractivity (Wildman–Crippen MR) is 68.4 cm³/mol. The molecule has 0 saturated heterocycles. The van der Waals surface area contributed by atoms with Crippen molar-refractivity contribution in [1.29, 1.82) is 0 Å². The van der Waals surface area contributed by atoms with Gasteiger partial charge in [-0.2, -0.15) is 0 Å². The molecular formula is C13H22N2O4. The minimum absolute atomic E-state index is 0.106. The molecule has 108 valence electrons. The van der Waals surface area contributed by atoms with Gasteiger partial charge in [-0.25, -0.2) is 0 Å². The first-order chi connectivity index (χ1) is 9.04. The summed E-state index contributed by atoms with van der Waals surface area (Å²) in [5.41, 5.74) is 6.14. The predicted octanol–water partition coefficient (Wildman–Crippen LogP) is -0.0806. The number of hydrogen-bond acceptors (Lipinski definition) is 4. The summed E-state index contributed by atoms with van der Waals surface area (Å²) in [6, 6.07) is -0.106. The molecule has 2 aliphatic carbocycles. The van der Waals surface area contributed by atoms with Gasteiger partial charge in [0, 0.05) is 19.7 Å². The van der Waals surface area contributed by atoms with E-state index in [0.717, 1.165) is 19.3 Å². The van der Waals surface area contributed by atoms with Crippen LogP contribution in [0, 0.1) is 17.8 Å². The van der Waals surface area contributed by atoms with Gasteiger partial charge in [0.05, 0.1) is 12.5 Å². The molecule has 6 nitrogen and oxygen atoms in total. The Labute approximate surface area is 112 Å². The van der Waals surface area contributed by atoms with E-state index in [9.17, 15) is 9.59 Å². The van der Waals surface area contributed by atoms with Crippen molar-refractivity contribution in [2.45, 2.75) is 25.3 Å². The van der Waals surface area contributed by atoms with Crippen LogP contribution in [0.2, 0.25) is 0 Å². The van der Waals surface area contributed by atoms with Gasteiger partial charge in [-0.1, -0.05) is 0 Å². The molecule has 19 heavy (non-hydrogen) atoms. The van der Waals surface area contributed by atoms with Crippen molar-refractivity contribution in [3.8, 4) is 0 Å². The van der Waals surface area contributed by atoms with Crippen LogP contribution >= 0.6 is 0 Å². The Kier molecular flexibility index (Phi) is 4.42. The minimum atomic E-state index is -0.999. The highest BCUT2D eigenvalue weighted by atomic mass is 16.5. The minimum Gasteiger partial charge on any atom is -0.480 e. The van der Waals surface area contributed by atoms with Gasteiger partial charge in [-0.05, 0) is 31.1 Å². The zero-order valence-corrected chi connectivity index (χ0v) is 11.2. The van der Waals surface area contributed by atoms with E-state index in [1.807, 2.05) is 0 Å². The fraction of sp³-hybridized carbons (Fsp3) is 0.846. The Morgan fingerprint density at radius 1 is 1.37 bits per heavy atom. The van der Waals surface area contributed by atoms with Gasteiger partial charge in [0.2, 0.25) is 5.91 Å². The fourth-order valence-electron chi connectivity index (χ4n) is 3.54. The van der Waals surface area contributed by atoms with Crippen LogP contribution in [0.1, 0.15) is 19.3 Å². The first-order valence-corrected chi connectivity index (χ1v) is 6.79. The molecule has 2 aliphatic rings. The Balaban J connectivity index is 2.03. The van der Waals surface area contributed by atoms with Crippen LogP contribution in [-0.4, -0.2) is 54.7 Å². The number of methoxy groups -OCH3 is 1. The largest absolute Gasteiger partial charge is 0.480 e. The molecule has 4 atom stereocenters. The highest BCUT2D eigenvalue weighted by molar-refractivity contribution is 5.84. The second-order valence-corrected chi connectivity index (χ2v) is 5.58. The number of aliphatic carboxylic acids is 1. The summed E-state index contributed by atoms with van der Waals surface area (Å²) in [5, 5.41) is 8.91. The third kappa shape index (κ3) is 2.90. The quantitative estimate of drug-likeness (QED) is 0.704. The Bertz CT molecular complexity index is 359. The molecule has 2 saturated carbocycles. The van der Waals surface area contributed by atoms with Crippen molar-refractivity contribution < 1.29 is 19.4 Å². The van der Waals surface area contributed by atoms with Gasteiger partial charge >= 0.3 is 5.97 Å². The normalized spacial score (nSPS) is 32.5. The van der Waals surface area contributed by atoms with E-state index >= 15 is 0 Å².